The zero-order valence-corrected chi connectivity index (χ0v) is 16.3. The highest BCUT2D eigenvalue weighted by atomic mass is 35.5. The number of sulfonamides is 1. The Kier molecular flexibility index (Phi) is 7.02. The van der Waals surface area contributed by atoms with Gasteiger partial charge >= 0.3 is 6.03 Å². The number of benzene rings is 2. The number of carbonyl (C=O) groups excluding carboxylic acids is 1. The fourth-order valence-electron chi connectivity index (χ4n) is 2.31. The molecule has 8 heteroatoms. The molecule has 2 aromatic rings. The second kappa shape index (κ2) is 9.02. The van der Waals surface area contributed by atoms with Gasteiger partial charge in [0, 0.05) is 25.2 Å². The van der Waals surface area contributed by atoms with Crippen LogP contribution in [0.3, 0.4) is 0 Å². The van der Waals surface area contributed by atoms with Gasteiger partial charge in [0.25, 0.3) is 0 Å². The van der Waals surface area contributed by atoms with E-state index >= 15 is 0 Å². The minimum absolute atomic E-state index is 0.0727. The number of hydrogen-bond acceptors (Lipinski definition) is 3. The first-order chi connectivity index (χ1) is 12.3. The third-order valence-corrected chi connectivity index (χ3v) is 5.55. The van der Waals surface area contributed by atoms with Crippen molar-refractivity contribution in [3.63, 3.8) is 0 Å². The third-order valence-electron chi connectivity index (χ3n) is 3.85. The van der Waals surface area contributed by atoms with E-state index in [-0.39, 0.29) is 11.8 Å². The Morgan fingerprint density at radius 2 is 1.69 bits per heavy atom. The Morgan fingerprint density at radius 1 is 1.08 bits per heavy atom. The van der Waals surface area contributed by atoms with E-state index in [1.807, 2.05) is 18.2 Å². The van der Waals surface area contributed by atoms with Crippen molar-refractivity contribution < 1.29 is 13.2 Å². The number of nitrogens with zero attached hydrogens (tertiary/aromatic N) is 1. The molecule has 2 amide bonds. The summed E-state index contributed by atoms with van der Waals surface area (Å²) in [6.07, 6.45) is 0. The summed E-state index contributed by atoms with van der Waals surface area (Å²) in [5.41, 5.74) is 2.45. The number of urea groups is 1. The predicted octanol–water partition coefficient (Wildman–Crippen LogP) is 2.73. The van der Waals surface area contributed by atoms with Gasteiger partial charge in [0.15, 0.2) is 0 Å². The van der Waals surface area contributed by atoms with Crippen LogP contribution in [0.2, 0.25) is 5.02 Å². The van der Waals surface area contributed by atoms with Gasteiger partial charge in [-0.05, 0) is 29.8 Å². The molecule has 2 rings (SSSR count). The highest BCUT2D eigenvalue weighted by Crippen LogP contribution is 2.16. The van der Waals surface area contributed by atoms with Gasteiger partial charge in [-0.1, -0.05) is 54.1 Å². The van der Waals surface area contributed by atoms with Gasteiger partial charge in [-0.2, -0.15) is 0 Å². The molecule has 140 valence electrons. The highest BCUT2D eigenvalue weighted by Gasteiger charge is 2.11. The van der Waals surface area contributed by atoms with E-state index in [9.17, 15) is 13.2 Å². The van der Waals surface area contributed by atoms with E-state index in [0.29, 0.717) is 23.7 Å². The molecule has 0 spiro atoms. The molecule has 0 aliphatic carbocycles. The second-order valence-corrected chi connectivity index (χ2v) is 8.22. The van der Waals surface area contributed by atoms with Gasteiger partial charge in [-0.3, -0.25) is 0 Å². The predicted molar refractivity (Wildman–Crippen MR) is 103 cm³/mol. The monoisotopic (exact) mass is 395 g/mol. The first kappa shape index (κ1) is 20.2. The molecule has 0 aliphatic rings. The van der Waals surface area contributed by atoms with Gasteiger partial charge in [-0.25, -0.2) is 17.9 Å². The van der Waals surface area contributed by atoms with Crippen molar-refractivity contribution in [1.82, 2.24) is 14.9 Å². The number of rotatable bonds is 7. The first-order valence-electron chi connectivity index (χ1n) is 8.02. The average Bonchev–Trinajstić information content (AvgIpc) is 2.62. The van der Waals surface area contributed by atoms with Crippen molar-refractivity contribution >= 4 is 27.7 Å². The van der Waals surface area contributed by atoms with Gasteiger partial charge in [-0.15, -0.1) is 0 Å². The van der Waals surface area contributed by atoms with Crippen molar-refractivity contribution in [2.24, 2.45) is 0 Å². The zero-order chi connectivity index (χ0) is 19.2. The summed E-state index contributed by atoms with van der Waals surface area (Å²) >= 11 is 6.11. The SMILES string of the molecule is CNS(=O)(=O)Cc1ccc(CNC(=O)N(C)Cc2ccccc2Cl)cc1. The Hall–Kier alpha value is -2.09. The Bertz CT molecular complexity index is 854. The maximum absolute atomic E-state index is 12.2. The molecule has 2 N–H and O–H groups in total. The molecular formula is C18H22ClN3O3S. The minimum atomic E-state index is -3.29. The molecule has 0 heterocycles. The fraction of sp³-hybridized carbons (Fsp3) is 0.278. The first-order valence-corrected chi connectivity index (χ1v) is 10.0. The number of hydrogen-bond donors (Lipinski definition) is 2. The summed E-state index contributed by atoms with van der Waals surface area (Å²) in [7, 11) is -0.207. The largest absolute Gasteiger partial charge is 0.334 e. The lowest BCUT2D eigenvalue weighted by Gasteiger charge is -2.18. The van der Waals surface area contributed by atoms with Crippen molar-refractivity contribution in [3.8, 4) is 0 Å². The Labute approximate surface area is 159 Å². The lowest BCUT2D eigenvalue weighted by atomic mass is 10.1. The van der Waals surface area contributed by atoms with E-state index in [1.165, 1.54) is 7.05 Å². The van der Waals surface area contributed by atoms with Gasteiger partial charge in [0.2, 0.25) is 10.0 Å². The molecular weight excluding hydrogens is 374 g/mol. The second-order valence-electron chi connectivity index (χ2n) is 5.89. The molecule has 0 aromatic heterocycles. The zero-order valence-electron chi connectivity index (χ0n) is 14.7. The van der Waals surface area contributed by atoms with Crippen LogP contribution in [0.4, 0.5) is 4.79 Å². The van der Waals surface area contributed by atoms with Crippen LogP contribution in [0.5, 0.6) is 0 Å². The minimum Gasteiger partial charge on any atom is -0.334 e. The smallest absolute Gasteiger partial charge is 0.317 e. The van der Waals surface area contributed by atoms with Crippen molar-refractivity contribution in [2.75, 3.05) is 14.1 Å². The average molecular weight is 396 g/mol. The van der Waals surface area contributed by atoms with Crippen LogP contribution in [-0.2, 0) is 28.9 Å². The lowest BCUT2D eigenvalue weighted by molar-refractivity contribution is 0.206. The van der Waals surface area contributed by atoms with Crippen LogP contribution < -0.4 is 10.0 Å². The summed E-state index contributed by atoms with van der Waals surface area (Å²) in [6.45, 7) is 0.761. The van der Waals surface area contributed by atoms with Crippen molar-refractivity contribution in [3.05, 3.63) is 70.2 Å². The van der Waals surface area contributed by atoms with Gasteiger partial charge < -0.3 is 10.2 Å². The molecule has 6 nitrogen and oxygen atoms in total. The fourth-order valence-corrected chi connectivity index (χ4v) is 3.28. The molecule has 0 aliphatic heterocycles. The van der Waals surface area contributed by atoms with Gasteiger partial charge in [0.1, 0.15) is 0 Å². The van der Waals surface area contributed by atoms with E-state index in [0.717, 1.165) is 11.1 Å². The number of halogens is 1. The highest BCUT2D eigenvalue weighted by molar-refractivity contribution is 7.88. The molecule has 0 unspecified atom stereocenters. The topological polar surface area (TPSA) is 78.5 Å². The summed E-state index contributed by atoms with van der Waals surface area (Å²) in [5, 5.41) is 3.45. The van der Waals surface area contributed by atoms with Crippen LogP contribution in [-0.4, -0.2) is 33.4 Å². The molecule has 26 heavy (non-hydrogen) atoms. The molecule has 0 bridgehead atoms. The maximum Gasteiger partial charge on any atom is 0.317 e. The summed E-state index contributed by atoms with van der Waals surface area (Å²) in [4.78, 5) is 13.8. The van der Waals surface area contributed by atoms with Crippen LogP contribution >= 0.6 is 11.6 Å². The van der Waals surface area contributed by atoms with Crippen LogP contribution in [0.15, 0.2) is 48.5 Å². The Morgan fingerprint density at radius 3 is 2.31 bits per heavy atom. The number of carbonyl (C=O) groups is 1. The van der Waals surface area contributed by atoms with Crippen LogP contribution in [0.1, 0.15) is 16.7 Å². The number of amides is 2. The molecule has 0 fully saturated rings. The maximum atomic E-state index is 12.2. The van der Waals surface area contributed by atoms with Crippen LogP contribution in [0, 0.1) is 0 Å². The van der Waals surface area contributed by atoms with E-state index in [4.69, 9.17) is 11.6 Å². The van der Waals surface area contributed by atoms with E-state index in [1.54, 1.807) is 42.3 Å². The normalized spacial score (nSPS) is 11.2. The van der Waals surface area contributed by atoms with Gasteiger partial charge in [0.05, 0.1) is 5.75 Å². The molecule has 0 saturated carbocycles. The lowest BCUT2D eigenvalue weighted by Crippen LogP contribution is -2.36. The molecule has 0 radical (unpaired) electrons. The van der Waals surface area contributed by atoms with Crippen LogP contribution in [0.25, 0.3) is 0 Å². The molecule has 0 saturated heterocycles. The standard InChI is InChI=1S/C18H22ClN3O3S/c1-20-26(24,25)13-15-9-7-14(8-10-15)11-21-18(23)22(2)12-16-5-3-4-6-17(16)19/h3-10,20H,11-13H2,1-2H3,(H,21,23). The molecule has 2 aromatic carbocycles. The summed E-state index contributed by atoms with van der Waals surface area (Å²) in [6, 6.07) is 14.3. The van der Waals surface area contributed by atoms with E-state index < -0.39 is 10.0 Å². The third kappa shape index (κ3) is 6.01. The van der Waals surface area contributed by atoms with Crippen molar-refractivity contribution in [2.45, 2.75) is 18.8 Å². The van der Waals surface area contributed by atoms with E-state index in [2.05, 4.69) is 10.0 Å². The molecule has 0 atom stereocenters. The summed E-state index contributed by atoms with van der Waals surface area (Å²) < 4.78 is 25.4. The number of nitrogens with one attached hydrogen (secondary N) is 2. The Balaban J connectivity index is 1.88. The summed E-state index contributed by atoms with van der Waals surface area (Å²) in [5.74, 6) is -0.0727. The quantitative estimate of drug-likeness (QED) is 0.756. The van der Waals surface area contributed by atoms with Crippen molar-refractivity contribution in [1.29, 1.82) is 0 Å².